The molecule has 0 aliphatic carbocycles. The van der Waals surface area contributed by atoms with Crippen molar-refractivity contribution in [2.45, 2.75) is 0 Å². The summed E-state index contributed by atoms with van der Waals surface area (Å²) >= 11 is 0. The number of nitrogen functional groups attached to an aromatic ring is 1. The van der Waals surface area contributed by atoms with E-state index in [0.717, 1.165) is 31.7 Å². The molecular weight excluding hydrogens is 368 g/mol. The van der Waals surface area contributed by atoms with Crippen molar-refractivity contribution in [2.75, 3.05) is 43.9 Å². The number of piperazine rings is 1. The van der Waals surface area contributed by atoms with Gasteiger partial charge in [-0.15, -0.1) is 0 Å². The topological polar surface area (TPSA) is 101 Å². The fourth-order valence-electron chi connectivity index (χ4n) is 3.51. The number of likely N-dealkylation sites (N-methyl/N-ethyl adjacent to an activating group) is 1. The second-order valence-corrected chi connectivity index (χ2v) is 7.11. The van der Waals surface area contributed by atoms with Gasteiger partial charge in [-0.1, -0.05) is 24.3 Å². The number of nitrogens with zero attached hydrogens (tertiary/aromatic N) is 5. The van der Waals surface area contributed by atoms with Gasteiger partial charge in [0.05, 0.1) is 21.9 Å². The second-order valence-electron chi connectivity index (χ2n) is 7.11. The predicted octanol–water partition coefficient (Wildman–Crippen LogP) is 3.05. The summed E-state index contributed by atoms with van der Waals surface area (Å²) in [7, 11) is 2.13. The summed E-state index contributed by atoms with van der Waals surface area (Å²) in [5.74, 6) is 0.0822. The highest BCUT2D eigenvalue weighted by Gasteiger charge is 2.18. The van der Waals surface area contributed by atoms with Crippen LogP contribution in [0.4, 0.5) is 17.3 Å². The summed E-state index contributed by atoms with van der Waals surface area (Å²) in [5, 5.41) is 11.4. The molecule has 4 rings (SSSR count). The van der Waals surface area contributed by atoms with Gasteiger partial charge in [0.2, 0.25) is 5.95 Å². The number of aromatic nitrogens is 2. The average molecular weight is 390 g/mol. The van der Waals surface area contributed by atoms with E-state index in [1.165, 1.54) is 11.8 Å². The van der Waals surface area contributed by atoms with Crippen LogP contribution in [-0.2, 0) is 0 Å². The van der Waals surface area contributed by atoms with Crippen LogP contribution in [0.1, 0.15) is 0 Å². The van der Waals surface area contributed by atoms with Crippen LogP contribution in [0.2, 0.25) is 0 Å². The molecule has 0 saturated carbocycles. The Morgan fingerprint density at radius 1 is 0.966 bits per heavy atom. The lowest BCUT2D eigenvalue weighted by atomic mass is 10.1. The van der Waals surface area contributed by atoms with Gasteiger partial charge < -0.3 is 15.5 Å². The first-order valence-corrected chi connectivity index (χ1v) is 9.43. The summed E-state index contributed by atoms with van der Waals surface area (Å²) in [5.41, 5.74) is 9.44. The molecular formula is C21H22N6O2. The first kappa shape index (κ1) is 18.8. The van der Waals surface area contributed by atoms with Gasteiger partial charge in [0.15, 0.2) is 0 Å². The van der Waals surface area contributed by atoms with Crippen LogP contribution in [0.5, 0.6) is 0 Å². The maximum absolute atomic E-state index is 11.4. The van der Waals surface area contributed by atoms with Crippen LogP contribution in [-0.4, -0.2) is 53.0 Å². The number of hydrogen-bond donors (Lipinski definition) is 1. The van der Waals surface area contributed by atoms with Crippen molar-refractivity contribution in [1.82, 2.24) is 14.9 Å². The van der Waals surface area contributed by atoms with Crippen LogP contribution in [0.3, 0.4) is 0 Å². The Hall–Kier alpha value is -3.52. The van der Waals surface area contributed by atoms with Crippen LogP contribution >= 0.6 is 0 Å². The maximum Gasteiger partial charge on any atom is 0.278 e. The molecule has 1 fully saturated rings. The molecule has 0 bridgehead atoms. The van der Waals surface area contributed by atoms with Crippen molar-refractivity contribution in [3.05, 3.63) is 64.7 Å². The maximum atomic E-state index is 11.4. The highest BCUT2D eigenvalue weighted by molar-refractivity contribution is 5.75. The standard InChI is InChI=1S/C21H22N6O2/c1-25-10-12-26(13-11-25)16-8-6-15(7-9-16)18-14-19(24-21(22)23-18)17-4-2-3-5-20(17)27(28)29/h2-9,14H,10-13H2,1H3,(H2,22,23,24). The first-order valence-electron chi connectivity index (χ1n) is 9.43. The second kappa shape index (κ2) is 7.84. The Labute approximate surface area is 168 Å². The first-order chi connectivity index (χ1) is 14.0. The molecule has 2 N–H and O–H groups in total. The van der Waals surface area contributed by atoms with Crippen LogP contribution in [0, 0.1) is 10.1 Å². The molecule has 1 saturated heterocycles. The summed E-state index contributed by atoms with van der Waals surface area (Å²) in [6.45, 7) is 4.09. The SMILES string of the molecule is CN1CCN(c2ccc(-c3cc(-c4ccccc4[N+](=O)[O-])nc(N)n3)cc2)CC1. The third-order valence-corrected chi connectivity index (χ3v) is 5.15. The monoisotopic (exact) mass is 390 g/mol. The zero-order chi connectivity index (χ0) is 20.4. The molecule has 0 atom stereocenters. The lowest BCUT2D eigenvalue weighted by molar-refractivity contribution is -0.384. The van der Waals surface area contributed by atoms with Gasteiger partial charge in [0.1, 0.15) is 0 Å². The van der Waals surface area contributed by atoms with Gasteiger partial charge in [-0.05, 0) is 31.3 Å². The van der Waals surface area contributed by atoms with Crippen molar-refractivity contribution in [1.29, 1.82) is 0 Å². The van der Waals surface area contributed by atoms with Crippen LogP contribution in [0.25, 0.3) is 22.5 Å². The predicted molar refractivity (Wildman–Crippen MR) is 114 cm³/mol. The lowest BCUT2D eigenvalue weighted by Crippen LogP contribution is -2.44. The third-order valence-electron chi connectivity index (χ3n) is 5.15. The average Bonchev–Trinajstić information content (AvgIpc) is 2.74. The Bertz CT molecular complexity index is 1030. The normalized spacial score (nSPS) is 14.7. The van der Waals surface area contributed by atoms with Crippen LogP contribution in [0.15, 0.2) is 54.6 Å². The molecule has 3 aromatic rings. The highest BCUT2D eigenvalue weighted by Crippen LogP contribution is 2.31. The number of nitro groups is 1. The van der Waals surface area contributed by atoms with Gasteiger partial charge in [0, 0.05) is 43.5 Å². The number of hydrogen-bond acceptors (Lipinski definition) is 7. The van der Waals surface area contributed by atoms with Crippen molar-refractivity contribution >= 4 is 17.3 Å². The highest BCUT2D eigenvalue weighted by atomic mass is 16.6. The molecule has 2 heterocycles. The van der Waals surface area contributed by atoms with E-state index >= 15 is 0 Å². The molecule has 29 heavy (non-hydrogen) atoms. The number of nitrogens with two attached hydrogens (primary N) is 1. The third kappa shape index (κ3) is 4.02. The lowest BCUT2D eigenvalue weighted by Gasteiger charge is -2.34. The van der Waals surface area contributed by atoms with E-state index in [2.05, 4.69) is 38.9 Å². The smallest absolute Gasteiger partial charge is 0.278 e. The number of rotatable bonds is 4. The molecule has 8 nitrogen and oxygen atoms in total. The minimum absolute atomic E-state index is 0.0121. The van der Waals surface area contributed by atoms with E-state index in [1.54, 1.807) is 24.3 Å². The Morgan fingerprint density at radius 2 is 1.62 bits per heavy atom. The Kier molecular flexibility index (Phi) is 5.09. The van der Waals surface area contributed by atoms with E-state index in [0.29, 0.717) is 17.0 Å². The molecule has 0 radical (unpaired) electrons. The van der Waals surface area contributed by atoms with Gasteiger partial charge in [-0.2, -0.15) is 0 Å². The number of para-hydroxylation sites is 1. The number of nitro benzene ring substituents is 1. The van der Waals surface area contributed by atoms with E-state index in [4.69, 9.17) is 5.73 Å². The van der Waals surface area contributed by atoms with E-state index in [9.17, 15) is 10.1 Å². The molecule has 2 aromatic carbocycles. The molecule has 0 amide bonds. The van der Waals surface area contributed by atoms with Gasteiger partial charge in [-0.3, -0.25) is 10.1 Å². The molecule has 0 spiro atoms. The van der Waals surface area contributed by atoms with Crippen molar-refractivity contribution in [2.24, 2.45) is 0 Å². The Balaban J connectivity index is 1.65. The van der Waals surface area contributed by atoms with E-state index < -0.39 is 4.92 Å². The largest absolute Gasteiger partial charge is 0.369 e. The summed E-state index contributed by atoms with van der Waals surface area (Å²) < 4.78 is 0. The summed E-state index contributed by atoms with van der Waals surface area (Å²) in [6, 6.07) is 16.4. The van der Waals surface area contributed by atoms with Crippen molar-refractivity contribution in [3.8, 4) is 22.5 Å². The molecule has 148 valence electrons. The zero-order valence-electron chi connectivity index (χ0n) is 16.2. The fraction of sp³-hybridized carbons (Fsp3) is 0.238. The number of anilines is 2. The van der Waals surface area contributed by atoms with Gasteiger partial charge >= 0.3 is 0 Å². The Morgan fingerprint density at radius 3 is 2.31 bits per heavy atom. The summed E-state index contributed by atoms with van der Waals surface area (Å²) in [6.07, 6.45) is 0. The quantitative estimate of drug-likeness (QED) is 0.539. The minimum atomic E-state index is -0.419. The van der Waals surface area contributed by atoms with Gasteiger partial charge in [0.25, 0.3) is 5.69 Å². The molecule has 1 aliphatic heterocycles. The minimum Gasteiger partial charge on any atom is -0.369 e. The van der Waals surface area contributed by atoms with Crippen LogP contribution < -0.4 is 10.6 Å². The molecule has 1 aromatic heterocycles. The fourth-order valence-corrected chi connectivity index (χ4v) is 3.51. The van der Waals surface area contributed by atoms with Gasteiger partial charge in [-0.25, -0.2) is 9.97 Å². The van der Waals surface area contributed by atoms with Crippen molar-refractivity contribution in [3.63, 3.8) is 0 Å². The summed E-state index contributed by atoms with van der Waals surface area (Å²) in [4.78, 5) is 24.2. The van der Waals surface area contributed by atoms with E-state index in [1.807, 2.05) is 12.1 Å². The van der Waals surface area contributed by atoms with Crippen molar-refractivity contribution < 1.29 is 4.92 Å². The number of benzene rings is 2. The van der Waals surface area contributed by atoms with E-state index in [-0.39, 0.29) is 11.6 Å². The molecule has 8 heteroatoms. The zero-order valence-corrected chi connectivity index (χ0v) is 16.2. The molecule has 0 unspecified atom stereocenters. The molecule has 1 aliphatic rings.